The second-order valence-electron chi connectivity index (χ2n) is 4.61. The molecule has 0 spiro atoms. The Morgan fingerprint density at radius 2 is 1.95 bits per heavy atom. The SMILES string of the molecule is COc1cc(C)ccc1OCc1cc(F)ccc1C(N)=S. The highest BCUT2D eigenvalue weighted by molar-refractivity contribution is 7.80. The monoisotopic (exact) mass is 305 g/mol. The molecule has 0 heterocycles. The summed E-state index contributed by atoms with van der Waals surface area (Å²) in [6.45, 7) is 2.12. The van der Waals surface area contributed by atoms with Gasteiger partial charge in [0.15, 0.2) is 11.5 Å². The molecule has 0 aliphatic heterocycles. The molecule has 5 heteroatoms. The molecule has 2 aromatic carbocycles. The maximum atomic E-state index is 13.4. The van der Waals surface area contributed by atoms with Gasteiger partial charge in [-0.15, -0.1) is 0 Å². The summed E-state index contributed by atoms with van der Waals surface area (Å²) in [4.78, 5) is 0.212. The second kappa shape index (κ2) is 6.54. The summed E-state index contributed by atoms with van der Waals surface area (Å²) in [7, 11) is 1.57. The van der Waals surface area contributed by atoms with Crippen molar-refractivity contribution < 1.29 is 13.9 Å². The molecule has 0 saturated carbocycles. The van der Waals surface area contributed by atoms with Crippen molar-refractivity contribution in [3.63, 3.8) is 0 Å². The first kappa shape index (κ1) is 15.3. The van der Waals surface area contributed by atoms with Crippen molar-refractivity contribution in [1.29, 1.82) is 0 Å². The minimum Gasteiger partial charge on any atom is -0.493 e. The highest BCUT2D eigenvalue weighted by atomic mass is 32.1. The molecule has 0 aliphatic rings. The highest BCUT2D eigenvalue weighted by Crippen LogP contribution is 2.28. The number of nitrogens with two attached hydrogens (primary N) is 1. The molecule has 0 radical (unpaired) electrons. The summed E-state index contributed by atoms with van der Waals surface area (Å²) >= 11 is 4.96. The number of aryl methyl sites for hydroxylation is 1. The molecule has 110 valence electrons. The molecule has 21 heavy (non-hydrogen) atoms. The van der Waals surface area contributed by atoms with Crippen LogP contribution in [0.15, 0.2) is 36.4 Å². The summed E-state index contributed by atoms with van der Waals surface area (Å²) in [5.74, 6) is 0.856. The van der Waals surface area contributed by atoms with E-state index in [9.17, 15) is 4.39 Å². The van der Waals surface area contributed by atoms with Crippen LogP contribution >= 0.6 is 12.2 Å². The number of ether oxygens (including phenoxy) is 2. The lowest BCUT2D eigenvalue weighted by atomic mass is 10.1. The fourth-order valence-electron chi connectivity index (χ4n) is 1.97. The molecule has 2 rings (SSSR count). The standard InChI is InChI=1S/C16H16FNO2S/c1-10-3-6-14(15(7-10)19-2)20-9-11-8-12(17)4-5-13(11)16(18)21/h3-8H,9H2,1-2H3,(H2,18,21). The predicted molar refractivity (Wildman–Crippen MR) is 84.4 cm³/mol. The third-order valence-electron chi connectivity index (χ3n) is 3.04. The van der Waals surface area contributed by atoms with Gasteiger partial charge >= 0.3 is 0 Å². The molecule has 0 unspecified atom stereocenters. The number of thiocarbonyl (C=S) groups is 1. The molecule has 2 aromatic rings. The molecule has 2 N–H and O–H groups in total. The molecule has 0 fully saturated rings. The lowest BCUT2D eigenvalue weighted by Crippen LogP contribution is -2.14. The lowest BCUT2D eigenvalue weighted by Gasteiger charge is -2.13. The van der Waals surface area contributed by atoms with Crippen LogP contribution in [0.2, 0.25) is 0 Å². The van der Waals surface area contributed by atoms with Gasteiger partial charge in [0.05, 0.1) is 7.11 Å². The van der Waals surface area contributed by atoms with Crippen molar-refractivity contribution in [2.24, 2.45) is 5.73 Å². The maximum Gasteiger partial charge on any atom is 0.161 e. The Hall–Kier alpha value is -2.14. The third kappa shape index (κ3) is 3.70. The second-order valence-corrected chi connectivity index (χ2v) is 5.05. The molecule has 0 atom stereocenters. The highest BCUT2D eigenvalue weighted by Gasteiger charge is 2.10. The summed E-state index contributed by atoms with van der Waals surface area (Å²) in [5, 5.41) is 0. The van der Waals surface area contributed by atoms with Gasteiger partial charge in [-0.05, 0) is 42.8 Å². The fourth-order valence-corrected chi connectivity index (χ4v) is 2.17. The van der Waals surface area contributed by atoms with E-state index in [4.69, 9.17) is 27.4 Å². The van der Waals surface area contributed by atoms with Gasteiger partial charge in [-0.2, -0.15) is 0 Å². The Morgan fingerprint density at radius 3 is 2.62 bits per heavy atom. The minimum absolute atomic E-state index is 0.157. The van der Waals surface area contributed by atoms with Crippen molar-refractivity contribution >= 4 is 17.2 Å². The van der Waals surface area contributed by atoms with E-state index in [0.717, 1.165) is 5.56 Å². The molecule has 0 bridgehead atoms. The van der Waals surface area contributed by atoms with Gasteiger partial charge in [-0.3, -0.25) is 0 Å². The van der Waals surface area contributed by atoms with Crippen LogP contribution in [-0.4, -0.2) is 12.1 Å². The number of hydrogen-bond donors (Lipinski definition) is 1. The molecule has 0 amide bonds. The molecule has 3 nitrogen and oxygen atoms in total. The van der Waals surface area contributed by atoms with Gasteiger partial charge in [-0.25, -0.2) is 4.39 Å². The smallest absolute Gasteiger partial charge is 0.161 e. The third-order valence-corrected chi connectivity index (χ3v) is 3.25. The first-order valence-corrected chi connectivity index (χ1v) is 6.77. The summed E-state index contributed by atoms with van der Waals surface area (Å²) < 4.78 is 24.3. The van der Waals surface area contributed by atoms with Crippen LogP contribution in [0.1, 0.15) is 16.7 Å². The first-order chi connectivity index (χ1) is 10.0. The molecular weight excluding hydrogens is 289 g/mol. The Bertz CT molecular complexity index is 673. The average molecular weight is 305 g/mol. The largest absolute Gasteiger partial charge is 0.493 e. The molecule has 0 aliphatic carbocycles. The lowest BCUT2D eigenvalue weighted by molar-refractivity contribution is 0.284. The van der Waals surface area contributed by atoms with Crippen molar-refractivity contribution in [2.45, 2.75) is 13.5 Å². The summed E-state index contributed by atoms with van der Waals surface area (Å²) in [5.41, 5.74) is 7.91. The summed E-state index contributed by atoms with van der Waals surface area (Å²) in [6, 6.07) is 9.85. The number of rotatable bonds is 5. The van der Waals surface area contributed by atoms with E-state index >= 15 is 0 Å². The number of hydrogen-bond acceptors (Lipinski definition) is 3. The Balaban J connectivity index is 2.24. The normalized spacial score (nSPS) is 10.2. The van der Waals surface area contributed by atoms with Crippen LogP contribution in [0.25, 0.3) is 0 Å². The van der Waals surface area contributed by atoms with Crippen LogP contribution in [0.3, 0.4) is 0 Å². The Morgan fingerprint density at radius 1 is 1.19 bits per heavy atom. The van der Waals surface area contributed by atoms with Gasteiger partial charge in [0.2, 0.25) is 0 Å². The zero-order valence-corrected chi connectivity index (χ0v) is 12.7. The first-order valence-electron chi connectivity index (χ1n) is 6.37. The van der Waals surface area contributed by atoms with Gasteiger partial charge in [0.1, 0.15) is 17.4 Å². The Kier molecular flexibility index (Phi) is 4.75. The number of halogens is 1. The van der Waals surface area contributed by atoms with E-state index in [1.807, 2.05) is 25.1 Å². The summed E-state index contributed by atoms with van der Waals surface area (Å²) in [6.07, 6.45) is 0. The predicted octanol–water partition coefficient (Wildman–Crippen LogP) is 3.36. The van der Waals surface area contributed by atoms with E-state index in [-0.39, 0.29) is 17.4 Å². The molecular formula is C16H16FNO2S. The van der Waals surface area contributed by atoms with Crippen molar-refractivity contribution in [1.82, 2.24) is 0 Å². The maximum absolute atomic E-state index is 13.4. The van der Waals surface area contributed by atoms with Crippen molar-refractivity contribution in [3.8, 4) is 11.5 Å². The van der Waals surface area contributed by atoms with Gasteiger partial charge in [-0.1, -0.05) is 18.3 Å². The van der Waals surface area contributed by atoms with Crippen LogP contribution < -0.4 is 15.2 Å². The van der Waals surface area contributed by atoms with E-state index < -0.39 is 0 Å². The van der Waals surface area contributed by atoms with E-state index in [2.05, 4.69) is 0 Å². The number of methoxy groups -OCH3 is 1. The Labute approximate surface area is 128 Å². The van der Waals surface area contributed by atoms with E-state index in [1.54, 1.807) is 13.2 Å². The van der Waals surface area contributed by atoms with Crippen molar-refractivity contribution in [3.05, 3.63) is 58.9 Å². The zero-order chi connectivity index (χ0) is 15.4. The van der Waals surface area contributed by atoms with Crippen molar-refractivity contribution in [2.75, 3.05) is 7.11 Å². The van der Waals surface area contributed by atoms with Crippen LogP contribution in [0.4, 0.5) is 4.39 Å². The zero-order valence-electron chi connectivity index (χ0n) is 11.9. The van der Waals surface area contributed by atoms with Gasteiger partial charge in [0.25, 0.3) is 0 Å². The molecule has 0 aromatic heterocycles. The van der Waals surface area contributed by atoms with Gasteiger partial charge < -0.3 is 15.2 Å². The van der Waals surface area contributed by atoms with Gasteiger partial charge in [0, 0.05) is 11.1 Å². The molecule has 0 saturated heterocycles. The van der Waals surface area contributed by atoms with Crippen LogP contribution in [0, 0.1) is 12.7 Å². The number of benzene rings is 2. The van der Waals surface area contributed by atoms with Crippen LogP contribution in [0.5, 0.6) is 11.5 Å². The fraction of sp³-hybridized carbons (Fsp3) is 0.188. The van der Waals surface area contributed by atoms with Crippen LogP contribution in [-0.2, 0) is 6.61 Å². The van der Waals surface area contributed by atoms with E-state index in [1.165, 1.54) is 12.1 Å². The topological polar surface area (TPSA) is 44.5 Å². The quantitative estimate of drug-likeness (QED) is 0.860. The average Bonchev–Trinajstić information content (AvgIpc) is 2.45. The minimum atomic E-state index is -0.357. The van der Waals surface area contributed by atoms with E-state index in [0.29, 0.717) is 22.6 Å².